The zero-order chi connectivity index (χ0) is 20.4. The van der Waals surface area contributed by atoms with Crippen LogP contribution in [-0.4, -0.2) is 45.2 Å². The molecule has 4 rings (SSSR count). The molecule has 3 aromatic rings. The summed E-state index contributed by atoms with van der Waals surface area (Å²) in [5.74, 6) is -0.724. The van der Waals surface area contributed by atoms with E-state index in [0.29, 0.717) is 10.3 Å². The maximum absolute atomic E-state index is 12.6. The van der Waals surface area contributed by atoms with Gasteiger partial charge in [0.2, 0.25) is 0 Å². The van der Waals surface area contributed by atoms with Crippen molar-refractivity contribution in [2.45, 2.75) is 0 Å². The second-order valence-corrected chi connectivity index (χ2v) is 8.17. The molecule has 2 heterocycles. The lowest BCUT2D eigenvalue weighted by Crippen LogP contribution is -2.37. The van der Waals surface area contributed by atoms with E-state index in [9.17, 15) is 14.4 Å². The van der Waals surface area contributed by atoms with Gasteiger partial charge in [-0.25, -0.2) is 0 Å². The highest BCUT2D eigenvalue weighted by atomic mass is 79.9. The zero-order valence-corrected chi connectivity index (χ0v) is 17.4. The lowest BCUT2D eigenvalue weighted by atomic mass is 10.2. The summed E-state index contributed by atoms with van der Waals surface area (Å²) in [5.41, 5.74) is 1.87. The molecule has 0 unspecified atom stereocenters. The number of halogens is 1. The fourth-order valence-electron chi connectivity index (χ4n) is 2.94. The normalized spacial score (nSPS) is 15.5. The van der Waals surface area contributed by atoms with Gasteiger partial charge in [-0.15, -0.1) is 0 Å². The van der Waals surface area contributed by atoms with E-state index < -0.39 is 0 Å². The van der Waals surface area contributed by atoms with Crippen LogP contribution >= 0.6 is 27.7 Å². The fraction of sp³-hybridized carbons (Fsp3) is 0.100. The minimum atomic E-state index is -0.362. The van der Waals surface area contributed by atoms with Crippen LogP contribution in [0.3, 0.4) is 0 Å². The number of nitrogens with one attached hydrogen (secondary N) is 2. The number of aromatic nitrogens is 2. The van der Waals surface area contributed by atoms with Gasteiger partial charge < -0.3 is 5.32 Å². The monoisotopic (exact) mass is 470 g/mol. The Morgan fingerprint density at radius 2 is 2.03 bits per heavy atom. The molecule has 1 aromatic heterocycles. The zero-order valence-electron chi connectivity index (χ0n) is 15.0. The van der Waals surface area contributed by atoms with Gasteiger partial charge in [0.05, 0.1) is 10.4 Å². The Hall–Kier alpha value is -2.91. The van der Waals surface area contributed by atoms with Gasteiger partial charge in [0.15, 0.2) is 5.69 Å². The Bertz CT molecular complexity index is 1160. The van der Waals surface area contributed by atoms with Crippen molar-refractivity contribution in [3.63, 3.8) is 0 Å². The molecule has 1 aliphatic heterocycles. The van der Waals surface area contributed by atoms with E-state index in [0.717, 1.165) is 32.2 Å². The molecule has 1 aliphatic rings. The lowest BCUT2D eigenvalue weighted by molar-refractivity contribution is -0.122. The first-order valence-corrected chi connectivity index (χ1v) is 10.4. The third-order valence-corrected chi connectivity index (χ3v) is 5.73. The maximum Gasteiger partial charge on any atom is 0.293 e. The molecule has 7 nitrogen and oxygen atoms in total. The van der Waals surface area contributed by atoms with Crippen molar-refractivity contribution in [2.24, 2.45) is 0 Å². The molecule has 2 N–H and O–H groups in total. The highest BCUT2D eigenvalue weighted by Crippen LogP contribution is 2.32. The van der Waals surface area contributed by atoms with Gasteiger partial charge in [-0.2, -0.15) is 5.10 Å². The number of para-hydroxylation sites is 1. The number of benzene rings is 2. The van der Waals surface area contributed by atoms with Crippen molar-refractivity contribution in [2.75, 3.05) is 13.1 Å². The first-order valence-electron chi connectivity index (χ1n) is 8.75. The molecule has 0 spiro atoms. The second-order valence-electron chi connectivity index (χ2n) is 6.26. The molecule has 29 heavy (non-hydrogen) atoms. The van der Waals surface area contributed by atoms with Gasteiger partial charge in [0.25, 0.3) is 17.1 Å². The summed E-state index contributed by atoms with van der Waals surface area (Å²) in [4.78, 5) is 38.7. The Morgan fingerprint density at radius 1 is 1.21 bits per heavy atom. The maximum atomic E-state index is 12.6. The summed E-state index contributed by atoms with van der Waals surface area (Å²) in [6, 6.07) is 14.8. The van der Waals surface area contributed by atoms with Crippen molar-refractivity contribution >= 4 is 61.7 Å². The van der Waals surface area contributed by atoms with Crippen molar-refractivity contribution in [1.82, 2.24) is 20.4 Å². The first kappa shape index (κ1) is 19.4. The number of hydrogen-bond acceptors (Lipinski definition) is 5. The highest BCUT2D eigenvalue weighted by Gasteiger charge is 2.34. The number of fused-ring (bicyclic) bond motifs is 1. The Balaban J connectivity index is 1.39. The van der Waals surface area contributed by atoms with Crippen LogP contribution in [0, 0.1) is 0 Å². The lowest BCUT2D eigenvalue weighted by Gasteiger charge is -2.12. The Morgan fingerprint density at radius 3 is 2.86 bits per heavy atom. The van der Waals surface area contributed by atoms with E-state index in [4.69, 9.17) is 0 Å². The van der Waals surface area contributed by atoms with E-state index in [1.807, 2.05) is 42.5 Å². The number of amides is 3. The van der Waals surface area contributed by atoms with E-state index >= 15 is 0 Å². The predicted molar refractivity (Wildman–Crippen MR) is 115 cm³/mol. The van der Waals surface area contributed by atoms with Crippen LogP contribution in [0.25, 0.3) is 17.0 Å². The molecule has 0 aliphatic carbocycles. The van der Waals surface area contributed by atoms with Gasteiger partial charge in [-0.05, 0) is 41.6 Å². The first-order chi connectivity index (χ1) is 14.0. The molecule has 0 bridgehead atoms. The summed E-state index contributed by atoms with van der Waals surface area (Å²) >= 11 is 4.28. The molecule has 3 amide bonds. The van der Waals surface area contributed by atoms with Crippen LogP contribution < -0.4 is 5.32 Å². The predicted octanol–water partition coefficient (Wildman–Crippen LogP) is 3.79. The van der Waals surface area contributed by atoms with Crippen LogP contribution in [0.4, 0.5) is 4.79 Å². The van der Waals surface area contributed by atoms with Crippen molar-refractivity contribution < 1.29 is 14.4 Å². The minimum Gasteiger partial charge on any atom is -0.349 e. The fourth-order valence-corrected chi connectivity index (χ4v) is 4.22. The summed E-state index contributed by atoms with van der Waals surface area (Å²) in [6.45, 7) is 0.233. The molecule has 1 saturated heterocycles. The quantitative estimate of drug-likeness (QED) is 0.553. The number of hydrogen-bond donors (Lipinski definition) is 2. The summed E-state index contributed by atoms with van der Waals surface area (Å²) in [6.07, 6.45) is 1.68. The van der Waals surface area contributed by atoms with Crippen LogP contribution in [-0.2, 0) is 4.79 Å². The van der Waals surface area contributed by atoms with E-state index in [1.54, 1.807) is 12.1 Å². The minimum absolute atomic E-state index is 0.0919. The number of thioether (sulfide) groups is 1. The number of H-pyrrole nitrogens is 1. The number of carbonyl (C=O) groups excluding carboxylic acids is 3. The molecule has 1 fully saturated rings. The third kappa shape index (κ3) is 4.10. The Labute approximate surface area is 178 Å². The van der Waals surface area contributed by atoms with Crippen molar-refractivity contribution in [3.8, 4) is 0 Å². The smallest absolute Gasteiger partial charge is 0.293 e. The third-order valence-electron chi connectivity index (χ3n) is 4.33. The van der Waals surface area contributed by atoms with E-state index in [-0.39, 0.29) is 35.8 Å². The van der Waals surface area contributed by atoms with Crippen LogP contribution in [0.5, 0.6) is 0 Å². The molecular formula is C20H15BrN4O3S. The van der Waals surface area contributed by atoms with Crippen molar-refractivity contribution in [3.05, 3.63) is 69.2 Å². The standard InChI is InChI=1S/C20H15BrN4O3S/c21-13-5-3-4-12(10-13)11-16-19(27)25(20(28)29-16)9-8-22-18(26)17-14-6-1-2-7-15(14)23-24-17/h1-7,10-11H,8-9H2,(H,22,26)(H,23,24)/b16-11-. The van der Waals surface area contributed by atoms with Crippen LogP contribution in [0.1, 0.15) is 16.1 Å². The molecular weight excluding hydrogens is 456 g/mol. The molecule has 0 atom stereocenters. The average molecular weight is 471 g/mol. The number of aromatic amines is 1. The summed E-state index contributed by atoms with van der Waals surface area (Å²) < 4.78 is 0.888. The SMILES string of the molecule is O=C(NCCN1C(=O)S/C(=C\c2cccc(Br)c2)C1=O)c1n[nH]c2ccccc12. The molecule has 0 radical (unpaired) electrons. The largest absolute Gasteiger partial charge is 0.349 e. The average Bonchev–Trinajstić information content (AvgIpc) is 3.24. The molecule has 9 heteroatoms. The summed E-state index contributed by atoms with van der Waals surface area (Å²) in [5, 5.41) is 9.92. The van der Waals surface area contributed by atoms with Gasteiger partial charge in [-0.3, -0.25) is 24.4 Å². The van der Waals surface area contributed by atoms with E-state index in [1.165, 1.54) is 0 Å². The van der Waals surface area contributed by atoms with Gasteiger partial charge in [0.1, 0.15) is 0 Å². The van der Waals surface area contributed by atoms with Gasteiger partial charge in [-0.1, -0.05) is 46.3 Å². The second kappa shape index (κ2) is 8.22. The van der Waals surface area contributed by atoms with Crippen LogP contribution in [0.15, 0.2) is 57.9 Å². The number of imide groups is 1. The molecule has 0 saturated carbocycles. The highest BCUT2D eigenvalue weighted by molar-refractivity contribution is 9.10. The van der Waals surface area contributed by atoms with Gasteiger partial charge in [0, 0.05) is 22.9 Å². The number of rotatable bonds is 5. The molecule has 146 valence electrons. The Kier molecular flexibility index (Phi) is 5.50. The van der Waals surface area contributed by atoms with Gasteiger partial charge >= 0.3 is 0 Å². The number of carbonyl (C=O) groups is 3. The van der Waals surface area contributed by atoms with Crippen molar-refractivity contribution in [1.29, 1.82) is 0 Å². The topological polar surface area (TPSA) is 95.2 Å². The number of nitrogens with zero attached hydrogens (tertiary/aromatic N) is 2. The summed E-state index contributed by atoms with van der Waals surface area (Å²) in [7, 11) is 0. The van der Waals surface area contributed by atoms with Crippen LogP contribution in [0.2, 0.25) is 0 Å². The molecule has 2 aromatic carbocycles. The van der Waals surface area contributed by atoms with E-state index in [2.05, 4.69) is 31.4 Å².